The molecule has 0 radical (unpaired) electrons. The molecule has 2 aromatic carbocycles. The minimum atomic E-state index is 0.844. The van der Waals surface area contributed by atoms with Crippen LogP contribution in [0.25, 0.3) is 16.9 Å². The molecule has 0 fully saturated rings. The Balaban J connectivity index is 1.56. The van der Waals surface area contributed by atoms with Crippen LogP contribution in [0.3, 0.4) is 0 Å². The van der Waals surface area contributed by atoms with Crippen LogP contribution >= 0.6 is 0 Å². The zero-order chi connectivity index (χ0) is 19.3. The van der Waals surface area contributed by atoms with Crippen molar-refractivity contribution in [3.8, 4) is 16.9 Å². The topological polar surface area (TPSA) is 42.7 Å². The molecule has 0 aliphatic rings. The molecule has 4 nitrogen and oxygen atoms in total. The number of hydrogen-bond donors (Lipinski definition) is 1. The summed E-state index contributed by atoms with van der Waals surface area (Å²) in [5.41, 5.74) is 6.76. The fourth-order valence-corrected chi connectivity index (χ4v) is 3.33. The number of benzene rings is 2. The van der Waals surface area contributed by atoms with E-state index in [1.54, 1.807) is 0 Å². The molecule has 0 atom stereocenters. The van der Waals surface area contributed by atoms with E-state index in [2.05, 4.69) is 77.9 Å². The Hall–Kier alpha value is -3.40. The molecule has 2 aromatic heterocycles. The lowest BCUT2D eigenvalue weighted by molar-refractivity contribution is 0.868. The lowest BCUT2D eigenvalue weighted by atomic mass is 10.1. The maximum Gasteiger partial charge on any atom is 0.126 e. The molecule has 2 heterocycles. The largest absolute Gasteiger partial charge is 0.370 e. The lowest BCUT2D eigenvalue weighted by Gasteiger charge is -2.10. The van der Waals surface area contributed by atoms with Gasteiger partial charge in [-0.05, 0) is 61.7 Å². The van der Waals surface area contributed by atoms with Crippen molar-refractivity contribution in [3.05, 3.63) is 95.8 Å². The smallest absolute Gasteiger partial charge is 0.126 e. The summed E-state index contributed by atoms with van der Waals surface area (Å²) in [6.45, 7) is 4.97. The van der Waals surface area contributed by atoms with Gasteiger partial charge >= 0.3 is 0 Å². The molecule has 0 aliphatic heterocycles. The predicted octanol–water partition coefficient (Wildman–Crippen LogP) is 5.21. The third kappa shape index (κ3) is 4.12. The summed E-state index contributed by atoms with van der Waals surface area (Å²) < 4.78 is 2.01. The van der Waals surface area contributed by atoms with Gasteiger partial charge < -0.3 is 5.32 Å². The van der Waals surface area contributed by atoms with Gasteiger partial charge in [-0.2, -0.15) is 5.10 Å². The van der Waals surface area contributed by atoms with E-state index in [9.17, 15) is 0 Å². The van der Waals surface area contributed by atoms with Crippen molar-refractivity contribution in [1.29, 1.82) is 0 Å². The highest BCUT2D eigenvalue weighted by atomic mass is 15.3. The van der Waals surface area contributed by atoms with E-state index in [1.807, 2.05) is 29.9 Å². The van der Waals surface area contributed by atoms with Crippen LogP contribution in [-0.2, 0) is 6.42 Å². The summed E-state index contributed by atoms with van der Waals surface area (Å²) in [6.07, 6.45) is 2.82. The molecule has 0 saturated heterocycles. The lowest BCUT2D eigenvalue weighted by Crippen LogP contribution is -2.06. The maximum atomic E-state index is 4.71. The van der Waals surface area contributed by atoms with Crippen LogP contribution < -0.4 is 5.32 Å². The number of nitrogens with one attached hydrogen (secondary N) is 1. The van der Waals surface area contributed by atoms with Gasteiger partial charge in [0.05, 0.1) is 17.1 Å². The van der Waals surface area contributed by atoms with Gasteiger partial charge in [0.15, 0.2) is 0 Å². The molecule has 140 valence electrons. The first-order valence-electron chi connectivity index (χ1n) is 9.57. The standard InChI is InChI=1S/C24H24N4/c1-18-7-6-10-22(15-18)28-23(16-19(2)27-28)21-12-14-26-24(17-21)25-13-11-20-8-4-3-5-9-20/h3-10,12,14-17H,11,13H2,1-2H3,(H,25,26). The number of anilines is 1. The summed E-state index contributed by atoms with van der Waals surface area (Å²) in [4.78, 5) is 4.48. The molecule has 4 rings (SSSR count). The van der Waals surface area contributed by atoms with Crippen LogP contribution in [0.5, 0.6) is 0 Å². The average Bonchev–Trinajstić information content (AvgIpc) is 3.11. The van der Waals surface area contributed by atoms with E-state index in [-0.39, 0.29) is 0 Å². The first-order chi connectivity index (χ1) is 13.7. The van der Waals surface area contributed by atoms with Gasteiger partial charge in [-0.1, -0.05) is 42.5 Å². The Bertz CT molecular complexity index is 1070. The molecule has 0 spiro atoms. The van der Waals surface area contributed by atoms with Gasteiger partial charge in [-0.15, -0.1) is 0 Å². The normalized spacial score (nSPS) is 10.8. The molecule has 0 bridgehead atoms. The van der Waals surface area contributed by atoms with Gasteiger partial charge in [0.25, 0.3) is 0 Å². The minimum absolute atomic E-state index is 0.844. The number of aryl methyl sites for hydroxylation is 2. The highest BCUT2D eigenvalue weighted by Crippen LogP contribution is 2.25. The first kappa shape index (κ1) is 18.0. The Kier molecular flexibility index (Phi) is 5.20. The fraction of sp³-hybridized carbons (Fsp3) is 0.167. The van der Waals surface area contributed by atoms with Crippen LogP contribution in [0.4, 0.5) is 5.82 Å². The summed E-state index contributed by atoms with van der Waals surface area (Å²) >= 11 is 0. The number of rotatable bonds is 6. The van der Waals surface area contributed by atoms with E-state index < -0.39 is 0 Å². The molecular weight excluding hydrogens is 344 g/mol. The Morgan fingerprint density at radius 1 is 0.893 bits per heavy atom. The average molecular weight is 368 g/mol. The summed E-state index contributed by atoms with van der Waals surface area (Å²) in [6, 6.07) is 25.1. The van der Waals surface area contributed by atoms with Crippen LogP contribution in [0, 0.1) is 13.8 Å². The SMILES string of the molecule is Cc1cccc(-n2nc(C)cc2-c2ccnc(NCCc3ccccc3)c2)c1. The fourth-order valence-electron chi connectivity index (χ4n) is 3.33. The third-order valence-electron chi connectivity index (χ3n) is 4.70. The number of nitrogens with zero attached hydrogens (tertiary/aromatic N) is 3. The van der Waals surface area contributed by atoms with E-state index in [0.717, 1.165) is 41.4 Å². The number of pyridine rings is 1. The monoisotopic (exact) mass is 368 g/mol. The van der Waals surface area contributed by atoms with Crippen LogP contribution in [0.2, 0.25) is 0 Å². The van der Waals surface area contributed by atoms with Crippen molar-refractivity contribution in [3.63, 3.8) is 0 Å². The molecule has 28 heavy (non-hydrogen) atoms. The second-order valence-electron chi connectivity index (χ2n) is 7.01. The van der Waals surface area contributed by atoms with Crippen molar-refractivity contribution in [2.45, 2.75) is 20.3 Å². The zero-order valence-electron chi connectivity index (χ0n) is 16.3. The molecule has 0 unspecified atom stereocenters. The molecule has 0 saturated carbocycles. The van der Waals surface area contributed by atoms with Crippen molar-refractivity contribution < 1.29 is 0 Å². The second-order valence-corrected chi connectivity index (χ2v) is 7.01. The van der Waals surface area contributed by atoms with Gasteiger partial charge in [0, 0.05) is 18.3 Å². The highest BCUT2D eigenvalue weighted by Gasteiger charge is 2.11. The Labute approximate surface area is 165 Å². The molecule has 4 aromatic rings. The van der Waals surface area contributed by atoms with Gasteiger partial charge in [0.2, 0.25) is 0 Å². The van der Waals surface area contributed by atoms with Gasteiger partial charge in [0.1, 0.15) is 5.82 Å². The maximum absolute atomic E-state index is 4.71. The molecule has 0 amide bonds. The van der Waals surface area contributed by atoms with Crippen LogP contribution in [0.15, 0.2) is 79.0 Å². The van der Waals surface area contributed by atoms with Crippen molar-refractivity contribution in [2.75, 3.05) is 11.9 Å². The minimum Gasteiger partial charge on any atom is -0.370 e. The molecule has 1 N–H and O–H groups in total. The Morgan fingerprint density at radius 3 is 2.57 bits per heavy atom. The molecular formula is C24H24N4. The quantitative estimate of drug-likeness (QED) is 0.508. The second kappa shape index (κ2) is 8.09. The summed E-state index contributed by atoms with van der Waals surface area (Å²) in [5.74, 6) is 0.878. The summed E-state index contributed by atoms with van der Waals surface area (Å²) in [5, 5.41) is 8.14. The van der Waals surface area contributed by atoms with Gasteiger partial charge in [-0.25, -0.2) is 9.67 Å². The van der Waals surface area contributed by atoms with E-state index in [4.69, 9.17) is 5.10 Å². The molecule has 0 aliphatic carbocycles. The first-order valence-corrected chi connectivity index (χ1v) is 9.57. The number of aromatic nitrogens is 3. The third-order valence-corrected chi connectivity index (χ3v) is 4.70. The molecule has 4 heteroatoms. The van der Waals surface area contributed by atoms with Crippen molar-refractivity contribution in [2.24, 2.45) is 0 Å². The number of hydrogen-bond acceptors (Lipinski definition) is 3. The summed E-state index contributed by atoms with van der Waals surface area (Å²) in [7, 11) is 0. The zero-order valence-corrected chi connectivity index (χ0v) is 16.3. The predicted molar refractivity (Wildman–Crippen MR) is 115 cm³/mol. The van der Waals surface area contributed by atoms with Crippen molar-refractivity contribution in [1.82, 2.24) is 14.8 Å². The Morgan fingerprint density at radius 2 is 1.75 bits per heavy atom. The van der Waals surface area contributed by atoms with Crippen molar-refractivity contribution >= 4 is 5.82 Å². The van der Waals surface area contributed by atoms with E-state index >= 15 is 0 Å². The van der Waals surface area contributed by atoms with Crippen LogP contribution in [0.1, 0.15) is 16.8 Å². The van der Waals surface area contributed by atoms with Crippen LogP contribution in [-0.4, -0.2) is 21.3 Å². The van der Waals surface area contributed by atoms with E-state index in [1.165, 1.54) is 11.1 Å². The highest BCUT2D eigenvalue weighted by molar-refractivity contribution is 5.65. The van der Waals surface area contributed by atoms with E-state index in [0.29, 0.717) is 0 Å². The van der Waals surface area contributed by atoms with Gasteiger partial charge in [-0.3, -0.25) is 0 Å².